The third-order valence-corrected chi connectivity index (χ3v) is 3.11. The van der Waals surface area contributed by atoms with E-state index in [1.165, 1.54) is 0 Å². The molecule has 2 aromatic carbocycles. The quantitative estimate of drug-likeness (QED) is 0.819. The van der Waals surface area contributed by atoms with Gasteiger partial charge in [0, 0.05) is 12.0 Å². The fourth-order valence-corrected chi connectivity index (χ4v) is 2.03. The van der Waals surface area contributed by atoms with Crippen molar-refractivity contribution in [3.63, 3.8) is 0 Å². The van der Waals surface area contributed by atoms with Crippen molar-refractivity contribution >= 4 is 11.8 Å². The molecule has 3 heteroatoms. The number of carbonyl (C=O) groups is 2. The van der Waals surface area contributed by atoms with Crippen molar-refractivity contribution in [1.82, 2.24) is 0 Å². The van der Waals surface area contributed by atoms with Gasteiger partial charge in [-0.15, -0.1) is 0 Å². The lowest BCUT2D eigenvalue weighted by molar-refractivity contribution is -0.136. The number of rotatable bonds is 6. The highest BCUT2D eigenvalue weighted by Crippen LogP contribution is 2.10. The van der Waals surface area contributed by atoms with Gasteiger partial charge in [-0.1, -0.05) is 54.6 Å². The van der Waals surface area contributed by atoms with Crippen LogP contribution in [0.15, 0.2) is 54.6 Å². The molecule has 102 valence electrons. The molecule has 2 rings (SSSR count). The molecule has 0 aliphatic rings. The van der Waals surface area contributed by atoms with Crippen molar-refractivity contribution in [3.05, 3.63) is 71.3 Å². The van der Waals surface area contributed by atoms with Gasteiger partial charge in [-0.05, 0) is 17.5 Å². The molecule has 0 saturated carbocycles. The summed E-state index contributed by atoms with van der Waals surface area (Å²) < 4.78 is 0. The van der Waals surface area contributed by atoms with Gasteiger partial charge in [-0.25, -0.2) is 0 Å². The number of carboxylic acid groups (broad SMARTS) is 1. The van der Waals surface area contributed by atoms with Crippen molar-refractivity contribution in [3.8, 4) is 0 Å². The van der Waals surface area contributed by atoms with Gasteiger partial charge in [0.25, 0.3) is 0 Å². The monoisotopic (exact) mass is 268 g/mol. The largest absolute Gasteiger partial charge is 0.481 e. The minimum absolute atomic E-state index is 0.0154. The minimum atomic E-state index is -0.867. The zero-order valence-corrected chi connectivity index (χ0v) is 11.1. The summed E-state index contributed by atoms with van der Waals surface area (Å²) in [6, 6.07) is 16.7. The summed E-state index contributed by atoms with van der Waals surface area (Å²) in [5.41, 5.74) is 2.48. The Hall–Kier alpha value is -2.42. The molecule has 0 spiro atoms. The van der Waals surface area contributed by atoms with Crippen LogP contribution in [0.2, 0.25) is 0 Å². The lowest BCUT2D eigenvalue weighted by atomic mass is 10.0. The molecule has 0 radical (unpaired) electrons. The molecule has 0 unspecified atom stereocenters. The first-order chi connectivity index (χ1) is 9.65. The third-order valence-electron chi connectivity index (χ3n) is 3.11. The number of aryl methyl sites for hydroxylation is 1. The maximum atomic E-state index is 12.0. The van der Waals surface area contributed by atoms with E-state index in [4.69, 9.17) is 5.11 Å². The molecule has 0 aliphatic heterocycles. The van der Waals surface area contributed by atoms with Crippen LogP contribution in [0, 0.1) is 0 Å². The van der Waals surface area contributed by atoms with Crippen molar-refractivity contribution in [2.75, 3.05) is 0 Å². The Balaban J connectivity index is 1.94. The van der Waals surface area contributed by atoms with Crippen LogP contribution in [0.3, 0.4) is 0 Å². The molecule has 0 fully saturated rings. The highest BCUT2D eigenvalue weighted by molar-refractivity contribution is 5.96. The zero-order valence-electron chi connectivity index (χ0n) is 11.1. The summed E-state index contributed by atoms with van der Waals surface area (Å²) in [6.07, 6.45) is 1.16. The van der Waals surface area contributed by atoms with E-state index in [9.17, 15) is 9.59 Å². The average molecular weight is 268 g/mol. The van der Waals surface area contributed by atoms with Crippen LogP contribution in [0.4, 0.5) is 0 Å². The topological polar surface area (TPSA) is 54.4 Å². The van der Waals surface area contributed by atoms with Gasteiger partial charge in [0.15, 0.2) is 5.78 Å². The Bertz CT molecular complexity index is 585. The van der Waals surface area contributed by atoms with Crippen LogP contribution in [0.1, 0.15) is 27.9 Å². The molecule has 0 aromatic heterocycles. The summed E-state index contributed by atoms with van der Waals surface area (Å²) in [7, 11) is 0. The maximum absolute atomic E-state index is 12.0. The number of hydrogen-bond donors (Lipinski definition) is 1. The van der Waals surface area contributed by atoms with Crippen LogP contribution in [-0.4, -0.2) is 16.9 Å². The van der Waals surface area contributed by atoms with Crippen LogP contribution >= 0.6 is 0 Å². The van der Waals surface area contributed by atoms with Crippen molar-refractivity contribution < 1.29 is 14.7 Å². The Morgan fingerprint density at radius 1 is 0.850 bits per heavy atom. The minimum Gasteiger partial charge on any atom is -0.481 e. The molecule has 0 atom stereocenters. The second-order valence-corrected chi connectivity index (χ2v) is 4.68. The number of aliphatic carboxylic acids is 1. The lowest BCUT2D eigenvalue weighted by Crippen LogP contribution is -2.03. The number of benzene rings is 2. The molecule has 3 nitrogen and oxygen atoms in total. The Morgan fingerprint density at radius 2 is 1.50 bits per heavy atom. The summed E-state index contributed by atoms with van der Waals surface area (Å²) in [5, 5.41) is 8.69. The number of hydrogen-bond acceptors (Lipinski definition) is 2. The van der Waals surface area contributed by atoms with E-state index >= 15 is 0 Å². The summed E-state index contributed by atoms with van der Waals surface area (Å²) in [4.78, 5) is 22.6. The van der Waals surface area contributed by atoms with Crippen LogP contribution in [0.5, 0.6) is 0 Å². The van der Waals surface area contributed by atoms with Crippen molar-refractivity contribution in [1.29, 1.82) is 0 Å². The van der Waals surface area contributed by atoms with Crippen LogP contribution in [-0.2, 0) is 17.6 Å². The first-order valence-electron chi connectivity index (χ1n) is 6.53. The van der Waals surface area contributed by atoms with Gasteiger partial charge in [0.2, 0.25) is 0 Å². The van der Waals surface area contributed by atoms with Crippen molar-refractivity contribution in [2.24, 2.45) is 0 Å². The van der Waals surface area contributed by atoms with Gasteiger partial charge in [0.1, 0.15) is 0 Å². The Labute approximate surface area is 117 Å². The van der Waals surface area contributed by atoms with Gasteiger partial charge in [0.05, 0.1) is 6.42 Å². The van der Waals surface area contributed by atoms with Crippen molar-refractivity contribution in [2.45, 2.75) is 19.3 Å². The second kappa shape index (κ2) is 6.66. The number of Topliss-reactive ketones (excluding diaryl/α,β-unsaturated/α-hetero) is 1. The molecule has 20 heavy (non-hydrogen) atoms. The maximum Gasteiger partial charge on any atom is 0.307 e. The Morgan fingerprint density at radius 3 is 2.10 bits per heavy atom. The van der Waals surface area contributed by atoms with Crippen LogP contribution < -0.4 is 0 Å². The smallest absolute Gasteiger partial charge is 0.307 e. The Kier molecular flexibility index (Phi) is 4.66. The molecule has 0 amide bonds. The van der Waals surface area contributed by atoms with E-state index in [2.05, 4.69) is 0 Å². The molecule has 0 heterocycles. The van der Waals surface area contributed by atoms with E-state index in [1.54, 1.807) is 24.3 Å². The van der Waals surface area contributed by atoms with Crippen LogP contribution in [0.25, 0.3) is 0 Å². The fraction of sp³-hybridized carbons (Fsp3) is 0.176. The predicted molar refractivity (Wildman–Crippen MR) is 76.9 cm³/mol. The molecule has 0 aliphatic carbocycles. The first kappa shape index (κ1) is 14.0. The molecule has 2 aromatic rings. The first-order valence-corrected chi connectivity index (χ1v) is 6.53. The average Bonchev–Trinajstić information content (AvgIpc) is 2.46. The van der Waals surface area contributed by atoms with E-state index in [-0.39, 0.29) is 12.2 Å². The number of ketones is 1. The van der Waals surface area contributed by atoms with Gasteiger partial charge in [-0.2, -0.15) is 0 Å². The van der Waals surface area contributed by atoms with E-state index in [0.29, 0.717) is 17.5 Å². The predicted octanol–water partition coefficient (Wildman–Crippen LogP) is 3.13. The second-order valence-electron chi connectivity index (χ2n) is 4.68. The zero-order chi connectivity index (χ0) is 14.4. The van der Waals surface area contributed by atoms with Gasteiger partial charge in [-0.3, -0.25) is 9.59 Å². The summed E-state index contributed by atoms with van der Waals surface area (Å²) in [6.45, 7) is 0. The molecule has 0 bridgehead atoms. The fourth-order valence-electron chi connectivity index (χ4n) is 2.03. The SMILES string of the molecule is O=C(O)Cc1ccc(C(=O)CCc2ccccc2)cc1. The molecular weight excluding hydrogens is 252 g/mol. The number of carbonyl (C=O) groups excluding carboxylic acids is 1. The molecule has 1 N–H and O–H groups in total. The third kappa shape index (κ3) is 4.05. The number of carboxylic acids is 1. The van der Waals surface area contributed by atoms with E-state index in [1.807, 2.05) is 30.3 Å². The highest BCUT2D eigenvalue weighted by atomic mass is 16.4. The highest BCUT2D eigenvalue weighted by Gasteiger charge is 2.07. The van der Waals surface area contributed by atoms with Gasteiger partial charge >= 0.3 is 5.97 Å². The molecule has 0 saturated heterocycles. The summed E-state index contributed by atoms with van der Waals surface area (Å²) in [5.74, 6) is -0.788. The lowest BCUT2D eigenvalue weighted by Gasteiger charge is -2.03. The summed E-state index contributed by atoms with van der Waals surface area (Å²) >= 11 is 0. The molecular formula is C17H16O3. The normalized spacial score (nSPS) is 10.2. The van der Waals surface area contributed by atoms with E-state index in [0.717, 1.165) is 12.0 Å². The standard InChI is InChI=1S/C17H16O3/c18-16(11-8-13-4-2-1-3-5-13)15-9-6-14(7-10-15)12-17(19)20/h1-7,9-10H,8,11-12H2,(H,19,20). The van der Waals surface area contributed by atoms with E-state index < -0.39 is 5.97 Å². The van der Waals surface area contributed by atoms with Gasteiger partial charge < -0.3 is 5.11 Å².